The monoisotopic (exact) mass is 377 g/mol. The molecule has 0 aromatic heterocycles. The zero-order valence-corrected chi connectivity index (χ0v) is 16.3. The van der Waals surface area contributed by atoms with Gasteiger partial charge in [0.1, 0.15) is 0 Å². The van der Waals surface area contributed by atoms with Crippen molar-refractivity contribution < 1.29 is 9.59 Å². The second kappa shape index (κ2) is 8.05. The number of benzene rings is 2. The Kier molecular flexibility index (Phi) is 5.33. The number of carbonyl (C=O) groups is 2. The summed E-state index contributed by atoms with van der Waals surface area (Å²) in [6.45, 7) is 3.50. The van der Waals surface area contributed by atoms with Crippen molar-refractivity contribution in [2.24, 2.45) is 5.92 Å². The van der Waals surface area contributed by atoms with E-state index in [1.165, 1.54) is 0 Å². The minimum Gasteiger partial charge on any atom is -0.339 e. The molecule has 28 heavy (non-hydrogen) atoms. The van der Waals surface area contributed by atoms with Crippen molar-refractivity contribution in [2.45, 2.75) is 38.6 Å². The zero-order valence-electron chi connectivity index (χ0n) is 16.3. The highest BCUT2D eigenvalue weighted by molar-refractivity contribution is 6.04. The van der Waals surface area contributed by atoms with E-state index in [0.29, 0.717) is 17.2 Å². The van der Waals surface area contributed by atoms with Crippen LogP contribution in [0.4, 0.5) is 10.5 Å². The first kappa shape index (κ1) is 18.5. The fourth-order valence-electron chi connectivity index (χ4n) is 3.96. The van der Waals surface area contributed by atoms with Gasteiger partial charge in [-0.05, 0) is 55.7 Å². The number of amides is 3. The van der Waals surface area contributed by atoms with E-state index in [1.807, 2.05) is 42.2 Å². The molecule has 2 N–H and O–H groups in total. The minimum absolute atomic E-state index is 0.00157. The molecule has 0 bridgehead atoms. The molecule has 0 spiro atoms. The Balaban J connectivity index is 1.52. The third kappa shape index (κ3) is 4.03. The van der Waals surface area contributed by atoms with Crippen LogP contribution in [-0.4, -0.2) is 29.9 Å². The average molecular weight is 377 g/mol. The molecule has 1 saturated carbocycles. The standard InChI is InChI=1S/C23H27N3O2/c1-16-8-7-11-19(22(27)26-14-5-6-15-26)20(16)24-23(28)25-21(18-12-13-18)17-9-3-2-4-10-17/h2-4,7-11,18,21H,5-6,12-15H2,1H3,(H2,24,25,28). The number of aryl methyl sites for hydroxylation is 1. The van der Waals surface area contributed by atoms with Gasteiger partial charge in [-0.2, -0.15) is 0 Å². The lowest BCUT2D eigenvalue weighted by Gasteiger charge is -2.22. The third-order valence-electron chi connectivity index (χ3n) is 5.67. The first-order chi connectivity index (χ1) is 13.6. The van der Waals surface area contributed by atoms with E-state index < -0.39 is 0 Å². The molecule has 1 unspecified atom stereocenters. The molecule has 1 atom stereocenters. The van der Waals surface area contributed by atoms with Gasteiger partial charge in [-0.1, -0.05) is 42.5 Å². The van der Waals surface area contributed by atoms with Crippen molar-refractivity contribution >= 4 is 17.6 Å². The first-order valence-corrected chi connectivity index (χ1v) is 10.1. The fraction of sp³-hybridized carbons (Fsp3) is 0.391. The number of hydrogen-bond acceptors (Lipinski definition) is 2. The van der Waals surface area contributed by atoms with Gasteiger partial charge < -0.3 is 15.5 Å². The van der Waals surface area contributed by atoms with Crippen LogP contribution >= 0.6 is 0 Å². The van der Waals surface area contributed by atoms with Gasteiger partial charge in [0.15, 0.2) is 0 Å². The molecule has 2 aliphatic rings. The van der Waals surface area contributed by atoms with Crippen molar-refractivity contribution in [3.8, 4) is 0 Å². The van der Waals surface area contributed by atoms with Gasteiger partial charge in [-0.25, -0.2) is 4.79 Å². The van der Waals surface area contributed by atoms with E-state index in [0.717, 1.165) is 49.9 Å². The number of carbonyl (C=O) groups excluding carboxylic acids is 2. The van der Waals surface area contributed by atoms with E-state index in [9.17, 15) is 9.59 Å². The molecule has 1 saturated heterocycles. The number of anilines is 1. The molecule has 146 valence electrons. The third-order valence-corrected chi connectivity index (χ3v) is 5.67. The second-order valence-corrected chi connectivity index (χ2v) is 7.82. The smallest absolute Gasteiger partial charge is 0.319 e. The average Bonchev–Trinajstić information content (AvgIpc) is 3.40. The molecule has 4 rings (SSSR count). The molecule has 1 aliphatic carbocycles. The molecule has 5 heteroatoms. The van der Waals surface area contributed by atoms with E-state index >= 15 is 0 Å². The Morgan fingerprint density at radius 2 is 1.71 bits per heavy atom. The Morgan fingerprint density at radius 1 is 1.00 bits per heavy atom. The minimum atomic E-state index is -0.259. The summed E-state index contributed by atoms with van der Waals surface area (Å²) < 4.78 is 0. The van der Waals surface area contributed by atoms with Crippen LogP contribution in [-0.2, 0) is 0 Å². The van der Waals surface area contributed by atoms with E-state index in [-0.39, 0.29) is 18.0 Å². The topological polar surface area (TPSA) is 61.4 Å². The molecule has 3 amide bonds. The lowest BCUT2D eigenvalue weighted by Crippen LogP contribution is -2.35. The highest BCUT2D eigenvalue weighted by Gasteiger charge is 2.33. The van der Waals surface area contributed by atoms with Crippen molar-refractivity contribution in [3.05, 3.63) is 65.2 Å². The van der Waals surface area contributed by atoms with Gasteiger partial charge in [-0.15, -0.1) is 0 Å². The van der Waals surface area contributed by atoms with E-state index in [1.54, 1.807) is 6.07 Å². The van der Waals surface area contributed by atoms with Crippen molar-refractivity contribution in [3.63, 3.8) is 0 Å². The number of rotatable bonds is 5. The maximum Gasteiger partial charge on any atom is 0.319 e. The van der Waals surface area contributed by atoms with Crippen LogP contribution in [0.2, 0.25) is 0 Å². The Labute approximate surface area is 166 Å². The molecule has 2 aromatic rings. The van der Waals surface area contributed by atoms with Crippen molar-refractivity contribution in [1.29, 1.82) is 0 Å². The van der Waals surface area contributed by atoms with Crippen LogP contribution in [0.3, 0.4) is 0 Å². The summed E-state index contributed by atoms with van der Waals surface area (Å²) in [5, 5.41) is 6.10. The normalized spacial score (nSPS) is 17.2. The highest BCUT2D eigenvalue weighted by Crippen LogP contribution is 2.41. The predicted molar refractivity (Wildman–Crippen MR) is 110 cm³/mol. The molecule has 2 aromatic carbocycles. The summed E-state index contributed by atoms with van der Waals surface area (Å²) in [5.74, 6) is 0.481. The molecule has 1 heterocycles. The van der Waals surface area contributed by atoms with Gasteiger partial charge in [0, 0.05) is 13.1 Å². The van der Waals surface area contributed by atoms with Gasteiger partial charge >= 0.3 is 6.03 Å². The van der Waals surface area contributed by atoms with Crippen molar-refractivity contribution in [1.82, 2.24) is 10.2 Å². The van der Waals surface area contributed by atoms with Crippen LogP contribution < -0.4 is 10.6 Å². The molecule has 5 nitrogen and oxygen atoms in total. The molecule has 2 fully saturated rings. The van der Waals surface area contributed by atoms with Crippen LogP contribution in [0.25, 0.3) is 0 Å². The molecule has 1 aliphatic heterocycles. The quantitative estimate of drug-likeness (QED) is 0.806. The summed E-state index contributed by atoms with van der Waals surface area (Å²) >= 11 is 0. The number of para-hydroxylation sites is 1. The summed E-state index contributed by atoms with van der Waals surface area (Å²) in [4.78, 5) is 27.6. The van der Waals surface area contributed by atoms with Crippen LogP contribution in [0.1, 0.15) is 53.2 Å². The largest absolute Gasteiger partial charge is 0.339 e. The van der Waals surface area contributed by atoms with Crippen LogP contribution in [0.15, 0.2) is 48.5 Å². The second-order valence-electron chi connectivity index (χ2n) is 7.82. The number of hydrogen-bond donors (Lipinski definition) is 2. The van der Waals surface area contributed by atoms with Gasteiger partial charge in [0.2, 0.25) is 0 Å². The maximum atomic E-state index is 12.9. The Bertz CT molecular complexity index is 855. The first-order valence-electron chi connectivity index (χ1n) is 10.1. The number of nitrogens with one attached hydrogen (secondary N) is 2. The van der Waals surface area contributed by atoms with Crippen LogP contribution in [0, 0.1) is 12.8 Å². The van der Waals surface area contributed by atoms with Gasteiger partial charge in [0.25, 0.3) is 5.91 Å². The van der Waals surface area contributed by atoms with Gasteiger partial charge in [-0.3, -0.25) is 4.79 Å². The Hall–Kier alpha value is -2.82. The lowest BCUT2D eigenvalue weighted by molar-refractivity contribution is 0.0794. The molecular weight excluding hydrogens is 350 g/mol. The number of nitrogens with zero attached hydrogens (tertiary/aromatic N) is 1. The molecule has 0 radical (unpaired) electrons. The highest BCUT2D eigenvalue weighted by atomic mass is 16.2. The fourth-order valence-corrected chi connectivity index (χ4v) is 3.96. The maximum absolute atomic E-state index is 12.9. The Morgan fingerprint density at radius 3 is 2.39 bits per heavy atom. The number of urea groups is 1. The SMILES string of the molecule is Cc1cccc(C(=O)N2CCCC2)c1NC(=O)NC(c1ccccc1)C1CC1. The molecular formula is C23H27N3O2. The summed E-state index contributed by atoms with van der Waals surface area (Å²) in [6.07, 6.45) is 4.34. The van der Waals surface area contributed by atoms with E-state index in [2.05, 4.69) is 22.8 Å². The summed E-state index contributed by atoms with van der Waals surface area (Å²) in [6, 6.07) is 15.4. The van der Waals surface area contributed by atoms with Crippen molar-refractivity contribution in [2.75, 3.05) is 18.4 Å². The zero-order chi connectivity index (χ0) is 19.5. The summed E-state index contributed by atoms with van der Waals surface area (Å²) in [7, 11) is 0. The summed E-state index contributed by atoms with van der Waals surface area (Å²) in [5.41, 5.74) is 3.19. The van der Waals surface area contributed by atoms with Gasteiger partial charge in [0.05, 0.1) is 17.3 Å². The number of likely N-dealkylation sites (tertiary alicyclic amines) is 1. The lowest BCUT2D eigenvalue weighted by atomic mass is 10.0. The van der Waals surface area contributed by atoms with Crippen LogP contribution in [0.5, 0.6) is 0 Å². The van der Waals surface area contributed by atoms with E-state index in [4.69, 9.17) is 0 Å². The predicted octanol–water partition coefficient (Wildman–Crippen LogP) is 4.50.